The monoisotopic (exact) mass is 244 g/mol. The van der Waals surface area contributed by atoms with E-state index < -0.39 is 0 Å². The third-order valence-electron chi connectivity index (χ3n) is 2.99. The molecule has 0 bridgehead atoms. The van der Waals surface area contributed by atoms with E-state index in [4.69, 9.17) is 0 Å². The first-order valence-electron chi connectivity index (χ1n) is 5.95. The van der Waals surface area contributed by atoms with Crippen molar-refractivity contribution in [1.29, 1.82) is 0 Å². The molecule has 1 aromatic heterocycles. The van der Waals surface area contributed by atoms with Gasteiger partial charge in [-0.3, -0.25) is 9.59 Å². The second-order valence-corrected chi connectivity index (χ2v) is 4.43. The van der Waals surface area contributed by atoms with Crippen LogP contribution in [0.5, 0.6) is 0 Å². The first-order valence-corrected chi connectivity index (χ1v) is 5.95. The van der Waals surface area contributed by atoms with Gasteiger partial charge in [0, 0.05) is 23.6 Å². The summed E-state index contributed by atoms with van der Waals surface area (Å²) in [5, 5.41) is 3.83. The predicted molar refractivity (Wildman–Crippen MR) is 73.0 cm³/mol. The number of fused-ring (bicyclic) bond motifs is 1. The fraction of sp³-hybridized carbons (Fsp3) is 0.286. The Hall–Kier alpha value is -2.10. The summed E-state index contributed by atoms with van der Waals surface area (Å²) in [7, 11) is 0. The molecular formula is C14H16N2O2. The number of hydrogen-bond acceptors (Lipinski definition) is 2. The molecule has 0 aliphatic rings. The van der Waals surface area contributed by atoms with Crippen LogP contribution < -0.4 is 10.9 Å². The maximum atomic E-state index is 11.4. The number of nitrogens with one attached hydrogen (secondary N) is 2. The van der Waals surface area contributed by atoms with E-state index in [0.717, 1.165) is 27.7 Å². The van der Waals surface area contributed by atoms with Crippen molar-refractivity contribution in [1.82, 2.24) is 4.98 Å². The van der Waals surface area contributed by atoms with E-state index in [1.807, 2.05) is 26.0 Å². The molecule has 0 unspecified atom stereocenters. The SMILES string of the molecule is CCC(=O)Nc1cc2[nH]c(=O)cc(C)c2cc1C. The van der Waals surface area contributed by atoms with Crippen LogP contribution >= 0.6 is 0 Å². The maximum Gasteiger partial charge on any atom is 0.248 e. The molecule has 0 aliphatic heterocycles. The van der Waals surface area contributed by atoms with Crippen molar-refractivity contribution in [3.8, 4) is 0 Å². The number of rotatable bonds is 2. The second kappa shape index (κ2) is 4.64. The molecule has 1 amide bonds. The third-order valence-corrected chi connectivity index (χ3v) is 2.99. The highest BCUT2D eigenvalue weighted by Gasteiger charge is 2.07. The molecule has 18 heavy (non-hydrogen) atoms. The molecule has 2 aromatic rings. The van der Waals surface area contributed by atoms with Crippen LogP contribution in [0.3, 0.4) is 0 Å². The Labute approximate surface area is 105 Å². The van der Waals surface area contributed by atoms with Crippen molar-refractivity contribution < 1.29 is 4.79 Å². The Balaban J connectivity index is 2.61. The van der Waals surface area contributed by atoms with Crippen LogP contribution in [0.2, 0.25) is 0 Å². The zero-order valence-corrected chi connectivity index (χ0v) is 10.8. The fourth-order valence-electron chi connectivity index (χ4n) is 1.95. The van der Waals surface area contributed by atoms with Gasteiger partial charge in [0.15, 0.2) is 0 Å². The van der Waals surface area contributed by atoms with Gasteiger partial charge in [-0.2, -0.15) is 0 Å². The molecule has 0 atom stereocenters. The summed E-state index contributed by atoms with van der Waals surface area (Å²) in [4.78, 5) is 25.6. The molecule has 0 saturated heterocycles. The van der Waals surface area contributed by atoms with E-state index >= 15 is 0 Å². The van der Waals surface area contributed by atoms with Crippen LogP contribution in [0.4, 0.5) is 5.69 Å². The lowest BCUT2D eigenvalue weighted by molar-refractivity contribution is -0.115. The van der Waals surface area contributed by atoms with E-state index in [2.05, 4.69) is 10.3 Å². The molecule has 4 heteroatoms. The zero-order chi connectivity index (χ0) is 13.3. The summed E-state index contributed by atoms with van der Waals surface area (Å²) in [5.41, 5.74) is 3.29. The molecule has 0 spiro atoms. The molecule has 0 saturated carbocycles. The Morgan fingerprint density at radius 3 is 2.61 bits per heavy atom. The van der Waals surface area contributed by atoms with E-state index in [9.17, 15) is 9.59 Å². The van der Waals surface area contributed by atoms with Gasteiger partial charge in [-0.05, 0) is 37.1 Å². The van der Waals surface area contributed by atoms with Crippen LogP contribution in [0, 0.1) is 13.8 Å². The summed E-state index contributed by atoms with van der Waals surface area (Å²) >= 11 is 0. The molecule has 4 nitrogen and oxygen atoms in total. The summed E-state index contributed by atoms with van der Waals surface area (Å²) in [6.45, 7) is 5.65. The van der Waals surface area contributed by atoms with Gasteiger partial charge in [0.25, 0.3) is 0 Å². The van der Waals surface area contributed by atoms with E-state index in [0.29, 0.717) is 6.42 Å². The number of benzene rings is 1. The Kier molecular flexibility index (Phi) is 3.19. The highest BCUT2D eigenvalue weighted by molar-refractivity contribution is 5.95. The van der Waals surface area contributed by atoms with Crippen LogP contribution in [0.25, 0.3) is 10.9 Å². The van der Waals surface area contributed by atoms with Crippen molar-refractivity contribution in [3.05, 3.63) is 39.7 Å². The Bertz CT molecular complexity index is 671. The van der Waals surface area contributed by atoms with Crippen LogP contribution in [0.1, 0.15) is 24.5 Å². The fourth-order valence-corrected chi connectivity index (χ4v) is 1.95. The molecule has 1 aromatic carbocycles. The van der Waals surface area contributed by atoms with Gasteiger partial charge in [-0.25, -0.2) is 0 Å². The number of aromatic nitrogens is 1. The van der Waals surface area contributed by atoms with Crippen molar-refractivity contribution in [2.75, 3.05) is 5.32 Å². The van der Waals surface area contributed by atoms with Crippen LogP contribution in [-0.4, -0.2) is 10.9 Å². The average Bonchev–Trinajstić information content (AvgIpc) is 2.31. The molecule has 0 aliphatic carbocycles. The number of aromatic amines is 1. The lowest BCUT2D eigenvalue weighted by Gasteiger charge is -2.10. The summed E-state index contributed by atoms with van der Waals surface area (Å²) < 4.78 is 0. The van der Waals surface area contributed by atoms with Crippen LogP contribution in [0.15, 0.2) is 23.0 Å². The van der Waals surface area contributed by atoms with Gasteiger partial charge in [0.1, 0.15) is 0 Å². The third kappa shape index (κ3) is 2.27. The molecule has 2 N–H and O–H groups in total. The number of pyridine rings is 1. The van der Waals surface area contributed by atoms with Gasteiger partial charge in [-0.1, -0.05) is 6.92 Å². The molecule has 0 fully saturated rings. The number of carbonyl (C=O) groups excluding carboxylic acids is 1. The second-order valence-electron chi connectivity index (χ2n) is 4.43. The number of carbonyl (C=O) groups is 1. The lowest BCUT2D eigenvalue weighted by Crippen LogP contribution is -2.11. The predicted octanol–water partition coefficient (Wildman–Crippen LogP) is 2.49. The van der Waals surface area contributed by atoms with E-state index in [-0.39, 0.29) is 11.5 Å². The van der Waals surface area contributed by atoms with Gasteiger partial charge in [0.05, 0.1) is 5.52 Å². The number of anilines is 1. The topological polar surface area (TPSA) is 62.0 Å². The van der Waals surface area contributed by atoms with Gasteiger partial charge in [0.2, 0.25) is 11.5 Å². The molecule has 94 valence electrons. The molecule has 1 heterocycles. The first-order chi connectivity index (χ1) is 8.51. The number of H-pyrrole nitrogens is 1. The highest BCUT2D eigenvalue weighted by atomic mass is 16.1. The van der Waals surface area contributed by atoms with Crippen LogP contribution in [-0.2, 0) is 4.79 Å². The average molecular weight is 244 g/mol. The smallest absolute Gasteiger partial charge is 0.248 e. The van der Waals surface area contributed by atoms with E-state index in [1.165, 1.54) is 0 Å². The quantitative estimate of drug-likeness (QED) is 0.852. The minimum absolute atomic E-state index is 0.0348. The normalized spacial score (nSPS) is 10.6. The summed E-state index contributed by atoms with van der Waals surface area (Å²) in [6, 6.07) is 5.37. The minimum Gasteiger partial charge on any atom is -0.326 e. The Morgan fingerprint density at radius 1 is 1.22 bits per heavy atom. The lowest BCUT2D eigenvalue weighted by atomic mass is 10.1. The van der Waals surface area contributed by atoms with Crippen molar-refractivity contribution in [2.45, 2.75) is 27.2 Å². The molecule has 2 rings (SSSR count). The molecule has 0 radical (unpaired) electrons. The van der Waals surface area contributed by atoms with Crippen molar-refractivity contribution in [3.63, 3.8) is 0 Å². The number of hydrogen-bond donors (Lipinski definition) is 2. The highest BCUT2D eigenvalue weighted by Crippen LogP contribution is 2.23. The minimum atomic E-state index is -0.128. The van der Waals surface area contributed by atoms with E-state index in [1.54, 1.807) is 13.0 Å². The first kappa shape index (κ1) is 12.4. The maximum absolute atomic E-state index is 11.4. The summed E-state index contributed by atoms with van der Waals surface area (Å²) in [5.74, 6) is -0.0348. The number of aryl methyl sites for hydroxylation is 2. The largest absolute Gasteiger partial charge is 0.326 e. The van der Waals surface area contributed by atoms with Gasteiger partial charge < -0.3 is 10.3 Å². The zero-order valence-electron chi connectivity index (χ0n) is 10.8. The van der Waals surface area contributed by atoms with Gasteiger partial charge >= 0.3 is 0 Å². The van der Waals surface area contributed by atoms with Gasteiger partial charge in [-0.15, -0.1) is 0 Å². The number of amides is 1. The molecular weight excluding hydrogens is 228 g/mol. The Morgan fingerprint density at radius 2 is 1.94 bits per heavy atom. The summed E-state index contributed by atoms with van der Waals surface area (Å²) in [6.07, 6.45) is 0.432. The standard InChI is InChI=1S/C14H16N2O2/c1-4-13(17)15-11-7-12-10(5-9(11)3)8(2)6-14(18)16-12/h5-7H,4H2,1-3H3,(H,15,17)(H,16,18). The van der Waals surface area contributed by atoms with Crippen molar-refractivity contribution in [2.24, 2.45) is 0 Å². The van der Waals surface area contributed by atoms with Crippen molar-refractivity contribution >= 4 is 22.5 Å².